The Kier molecular flexibility index (Phi) is 6.03. The molecule has 0 atom stereocenters. The number of benzene rings is 4. The van der Waals surface area contributed by atoms with Crippen LogP contribution in [0.3, 0.4) is 0 Å². The average Bonchev–Trinajstić information content (AvgIpc) is 2.90. The van der Waals surface area contributed by atoms with Crippen LogP contribution in [-0.4, -0.2) is 34.2 Å². The van der Waals surface area contributed by atoms with E-state index in [-0.39, 0.29) is 17.7 Å². The molecule has 5 aromatic rings. The Labute approximate surface area is 208 Å². The Hall–Kier alpha value is -3.90. The predicted molar refractivity (Wildman–Crippen MR) is 141 cm³/mol. The Morgan fingerprint density at radius 1 is 0.750 bits per heavy atom. The van der Waals surface area contributed by atoms with Gasteiger partial charge in [0.05, 0.1) is 0 Å². The third kappa shape index (κ3) is 4.64. The third-order valence-corrected chi connectivity index (χ3v) is 7.01. The Bertz CT molecular complexity index is 1530. The Balaban J connectivity index is 1.17. The van der Waals surface area contributed by atoms with Crippen molar-refractivity contribution in [3.8, 4) is 11.3 Å². The molecule has 0 bridgehead atoms. The highest BCUT2D eigenvalue weighted by atomic mass is 19.1. The van der Waals surface area contributed by atoms with Gasteiger partial charge in [0.2, 0.25) is 0 Å². The van der Waals surface area contributed by atoms with Crippen molar-refractivity contribution >= 4 is 27.4 Å². The van der Waals surface area contributed by atoms with Gasteiger partial charge in [0.1, 0.15) is 17.3 Å². The molecule has 0 aliphatic carbocycles. The van der Waals surface area contributed by atoms with Crippen molar-refractivity contribution in [2.24, 2.45) is 0 Å². The lowest BCUT2D eigenvalue weighted by Gasteiger charge is -2.32. The highest BCUT2D eigenvalue weighted by Gasteiger charge is 2.21. The molecule has 2 heterocycles. The molecule has 6 heteroatoms. The number of anilines is 1. The number of rotatable bonds is 5. The SMILES string of the molecule is Fc1ccc(-c2nnc(NC3CCN(Cc4ccc5ccccc5c4)CC3)c3cc(F)ccc23)cc1. The maximum absolute atomic E-state index is 14.2. The van der Waals surface area contributed by atoms with Crippen LogP contribution in [0.15, 0.2) is 84.9 Å². The number of likely N-dealkylation sites (tertiary alicyclic amines) is 1. The standard InChI is InChI=1S/C30H26F2N4/c31-24-9-7-22(8-10-24)29-27-12-11-25(32)18-28(27)30(35-34-29)33-26-13-15-36(16-14-26)19-20-5-6-21-3-1-2-4-23(21)17-20/h1-12,17-18,26H,13-16,19H2,(H,33,35). The second-order valence-corrected chi connectivity index (χ2v) is 9.47. The van der Waals surface area contributed by atoms with Gasteiger partial charge in [-0.3, -0.25) is 4.90 Å². The van der Waals surface area contributed by atoms with Crippen LogP contribution in [0, 0.1) is 11.6 Å². The summed E-state index contributed by atoms with van der Waals surface area (Å²) in [6.45, 7) is 2.87. The maximum atomic E-state index is 14.2. The van der Waals surface area contributed by atoms with Crippen molar-refractivity contribution in [2.75, 3.05) is 18.4 Å². The number of piperidine rings is 1. The normalized spacial score (nSPS) is 14.9. The van der Waals surface area contributed by atoms with Crippen molar-refractivity contribution in [1.29, 1.82) is 0 Å². The van der Waals surface area contributed by atoms with Gasteiger partial charge in [-0.1, -0.05) is 36.4 Å². The molecule has 1 aromatic heterocycles. The van der Waals surface area contributed by atoms with E-state index in [1.54, 1.807) is 18.2 Å². The molecular formula is C30H26F2N4. The van der Waals surface area contributed by atoms with E-state index in [0.717, 1.165) is 43.4 Å². The quantitative estimate of drug-likeness (QED) is 0.300. The third-order valence-electron chi connectivity index (χ3n) is 7.01. The number of aromatic nitrogens is 2. The second kappa shape index (κ2) is 9.63. The minimum absolute atomic E-state index is 0.232. The van der Waals surface area contributed by atoms with Gasteiger partial charge in [-0.25, -0.2) is 8.78 Å². The highest BCUT2D eigenvalue weighted by molar-refractivity contribution is 6.00. The Morgan fingerprint density at radius 3 is 2.31 bits per heavy atom. The first-order valence-corrected chi connectivity index (χ1v) is 12.3. The fraction of sp³-hybridized carbons (Fsp3) is 0.200. The van der Waals surface area contributed by atoms with Gasteiger partial charge >= 0.3 is 0 Å². The van der Waals surface area contributed by atoms with Crippen molar-refractivity contribution in [2.45, 2.75) is 25.4 Å². The predicted octanol–water partition coefficient (Wildman–Crippen LogP) is 6.80. The lowest BCUT2D eigenvalue weighted by atomic mass is 10.0. The zero-order valence-electron chi connectivity index (χ0n) is 19.8. The van der Waals surface area contributed by atoms with Gasteiger partial charge in [-0.15, -0.1) is 10.2 Å². The fourth-order valence-corrected chi connectivity index (χ4v) is 5.08. The van der Waals surface area contributed by atoms with E-state index in [2.05, 4.69) is 62.9 Å². The number of fused-ring (bicyclic) bond motifs is 2. The van der Waals surface area contributed by atoms with Crippen LogP contribution in [0.4, 0.5) is 14.6 Å². The lowest BCUT2D eigenvalue weighted by molar-refractivity contribution is 0.211. The van der Waals surface area contributed by atoms with Crippen LogP contribution >= 0.6 is 0 Å². The minimum atomic E-state index is -0.325. The first kappa shape index (κ1) is 22.6. The van der Waals surface area contributed by atoms with E-state index in [1.807, 2.05) is 0 Å². The fourth-order valence-electron chi connectivity index (χ4n) is 5.08. The van der Waals surface area contributed by atoms with Crippen molar-refractivity contribution in [3.05, 3.63) is 102 Å². The van der Waals surface area contributed by atoms with Crippen LogP contribution < -0.4 is 5.32 Å². The summed E-state index contributed by atoms with van der Waals surface area (Å²) in [6, 6.07) is 26.1. The zero-order valence-corrected chi connectivity index (χ0v) is 19.8. The van der Waals surface area contributed by atoms with Gasteiger partial charge in [-0.05, 0) is 77.7 Å². The van der Waals surface area contributed by atoms with Crippen molar-refractivity contribution < 1.29 is 8.78 Å². The summed E-state index contributed by atoms with van der Waals surface area (Å²) >= 11 is 0. The zero-order chi connectivity index (χ0) is 24.5. The molecule has 0 unspecified atom stereocenters. The van der Waals surface area contributed by atoms with E-state index in [4.69, 9.17) is 0 Å². The molecule has 1 fully saturated rings. The maximum Gasteiger partial charge on any atom is 0.156 e. The van der Waals surface area contributed by atoms with E-state index in [9.17, 15) is 8.78 Å². The molecule has 0 spiro atoms. The number of nitrogens with zero attached hydrogens (tertiary/aromatic N) is 3. The summed E-state index contributed by atoms with van der Waals surface area (Å²) < 4.78 is 27.6. The molecule has 180 valence electrons. The average molecular weight is 481 g/mol. The van der Waals surface area contributed by atoms with Crippen LogP contribution in [0.1, 0.15) is 18.4 Å². The lowest BCUT2D eigenvalue weighted by Crippen LogP contribution is -2.38. The summed E-state index contributed by atoms with van der Waals surface area (Å²) in [5.74, 6) is -0.0514. The summed E-state index contributed by atoms with van der Waals surface area (Å²) in [5.41, 5.74) is 2.68. The molecule has 36 heavy (non-hydrogen) atoms. The molecule has 4 nitrogen and oxygen atoms in total. The van der Waals surface area contributed by atoms with Crippen LogP contribution in [0.5, 0.6) is 0 Å². The molecule has 4 aromatic carbocycles. The summed E-state index contributed by atoms with van der Waals surface area (Å²) in [4.78, 5) is 2.48. The number of nitrogens with one attached hydrogen (secondary N) is 1. The second-order valence-electron chi connectivity index (χ2n) is 9.47. The van der Waals surface area contributed by atoms with Crippen LogP contribution in [0.2, 0.25) is 0 Å². The molecule has 0 amide bonds. The number of hydrogen-bond acceptors (Lipinski definition) is 4. The van der Waals surface area contributed by atoms with Crippen molar-refractivity contribution in [3.63, 3.8) is 0 Å². The van der Waals surface area contributed by atoms with Gasteiger partial charge < -0.3 is 5.32 Å². The topological polar surface area (TPSA) is 41.1 Å². The van der Waals surface area contributed by atoms with Crippen LogP contribution in [0.25, 0.3) is 32.8 Å². The molecule has 1 aliphatic rings. The molecule has 6 rings (SSSR count). The largest absolute Gasteiger partial charge is 0.365 e. The van der Waals surface area contributed by atoms with Crippen molar-refractivity contribution in [1.82, 2.24) is 15.1 Å². The van der Waals surface area contributed by atoms with Gasteiger partial charge in [0.15, 0.2) is 5.82 Å². The molecule has 1 N–H and O–H groups in total. The highest BCUT2D eigenvalue weighted by Crippen LogP contribution is 2.31. The summed E-state index contributed by atoms with van der Waals surface area (Å²) in [7, 11) is 0. The molecule has 0 saturated carbocycles. The van der Waals surface area contributed by atoms with E-state index >= 15 is 0 Å². The van der Waals surface area contributed by atoms with Crippen LogP contribution in [-0.2, 0) is 6.54 Å². The molecule has 0 radical (unpaired) electrons. The molecule has 1 saturated heterocycles. The summed E-state index contributed by atoms with van der Waals surface area (Å²) in [6.07, 6.45) is 1.93. The first-order chi connectivity index (χ1) is 17.6. The van der Waals surface area contributed by atoms with Gasteiger partial charge in [-0.2, -0.15) is 0 Å². The smallest absolute Gasteiger partial charge is 0.156 e. The molecular weight excluding hydrogens is 454 g/mol. The number of hydrogen-bond donors (Lipinski definition) is 1. The van der Waals surface area contributed by atoms with E-state index in [0.29, 0.717) is 16.9 Å². The Morgan fingerprint density at radius 2 is 1.50 bits per heavy atom. The van der Waals surface area contributed by atoms with E-state index < -0.39 is 0 Å². The summed E-state index contributed by atoms with van der Waals surface area (Å²) in [5, 5.41) is 16.4. The van der Waals surface area contributed by atoms with E-state index in [1.165, 1.54) is 40.6 Å². The molecule has 1 aliphatic heterocycles. The van der Waals surface area contributed by atoms with Gasteiger partial charge in [0, 0.05) is 42.0 Å². The number of halogens is 2. The monoisotopic (exact) mass is 480 g/mol. The minimum Gasteiger partial charge on any atom is -0.365 e. The van der Waals surface area contributed by atoms with Gasteiger partial charge in [0.25, 0.3) is 0 Å². The first-order valence-electron chi connectivity index (χ1n) is 12.3.